The molecule has 1 aromatic rings. The van der Waals surface area contributed by atoms with Crippen molar-refractivity contribution in [3.05, 3.63) is 26.6 Å². The van der Waals surface area contributed by atoms with Gasteiger partial charge >= 0.3 is 0 Å². The summed E-state index contributed by atoms with van der Waals surface area (Å²) in [5.41, 5.74) is 0.941. The van der Waals surface area contributed by atoms with Crippen LogP contribution in [0.5, 0.6) is 0 Å². The van der Waals surface area contributed by atoms with E-state index in [1.807, 2.05) is 6.92 Å². The second kappa shape index (κ2) is 3.88. The van der Waals surface area contributed by atoms with Crippen LogP contribution in [0.3, 0.4) is 0 Å². The Bertz CT molecular complexity index is 442. The van der Waals surface area contributed by atoms with Crippen LogP contribution in [0.4, 0.5) is 0 Å². The standard InChI is InChI=1S/C7H5Br2ClO2S/c1-4-2-3-5(13(10,11)12)7(9)6(4)8/h2-3H,1H3. The van der Waals surface area contributed by atoms with E-state index >= 15 is 0 Å². The lowest BCUT2D eigenvalue weighted by Gasteiger charge is -2.04. The van der Waals surface area contributed by atoms with E-state index in [1.165, 1.54) is 6.07 Å². The number of rotatable bonds is 1. The van der Waals surface area contributed by atoms with Gasteiger partial charge in [-0.1, -0.05) is 6.07 Å². The van der Waals surface area contributed by atoms with Crippen LogP contribution in [0.25, 0.3) is 0 Å². The van der Waals surface area contributed by atoms with Gasteiger partial charge in [0, 0.05) is 15.2 Å². The maximum atomic E-state index is 11.0. The summed E-state index contributed by atoms with van der Waals surface area (Å²) >= 11 is 6.41. The molecule has 0 saturated heterocycles. The predicted octanol–water partition coefficient (Wildman–Crippen LogP) is 3.45. The molecule has 13 heavy (non-hydrogen) atoms. The second-order valence-corrected chi connectivity index (χ2v) is 6.57. The van der Waals surface area contributed by atoms with Crippen molar-refractivity contribution in [1.82, 2.24) is 0 Å². The van der Waals surface area contributed by atoms with E-state index in [0.29, 0.717) is 8.95 Å². The molecule has 72 valence electrons. The maximum absolute atomic E-state index is 11.0. The summed E-state index contributed by atoms with van der Waals surface area (Å²) in [6, 6.07) is 3.15. The molecule has 0 aliphatic carbocycles. The summed E-state index contributed by atoms with van der Waals surface area (Å²) < 4.78 is 23.2. The van der Waals surface area contributed by atoms with Gasteiger partial charge in [0.1, 0.15) is 0 Å². The van der Waals surface area contributed by atoms with Crippen molar-refractivity contribution in [2.45, 2.75) is 11.8 Å². The molecule has 0 saturated carbocycles. The normalized spacial score (nSPS) is 11.7. The minimum atomic E-state index is -3.68. The Labute approximate surface area is 98.0 Å². The summed E-state index contributed by atoms with van der Waals surface area (Å²) in [6.07, 6.45) is 0. The first-order valence-electron chi connectivity index (χ1n) is 3.23. The zero-order chi connectivity index (χ0) is 10.2. The van der Waals surface area contributed by atoms with Gasteiger partial charge in [0.2, 0.25) is 0 Å². The number of hydrogen-bond acceptors (Lipinski definition) is 2. The van der Waals surface area contributed by atoms with Gasteiger partial charge in [-0.15, -0.1) is 0 Å². The van der Waals surface area contributed by atoms with Gasteiger partial charge in [-0.05, 0) is 50.4 Å². The minimum Gasteiger partial charge on any atom is -0.207 e. The average Bonchev–Trinajstić information content (AvgIpc) is 1.98. The molecule has 0 radical (unpaired) electrons. The first kappa shape index (κ1) is 11.5. The van der Waals surface area contributed by atoms with Gasteiger partial charge in [-0.25, -0.2) is 8.42 Å². The van der Waals surface area contributed by atoms with Crippen LogP contribution in [0, 0.1) is 6.92 Å². The Morgan fingerprint density at radius 1 is 1.23 bits per heavy atom. The molecule has 0 spiro atoms. The molecule has 0 N–H and O–H groups in total. The van der Waals surface area contributed by atoms with E-state index in [4.69, 9.17) is 10.7 Å². The van der Waals surface area contributed by atoms with E-state index in [2.05, 4.69) is 31.9 Å². The molecule has 0 atom stereocenters. The second-order valence-electron chi connectivity index (χ2n) is 2.45. The fourth-order valence-corrected chi connectivity index (χ4v) is 3.59. The number of hydrogen-bond donors (Lipinski definition) is 0. The lowest BCUT2D eigenvalue weighted by molar-refractivity contribution is 0.609. The third-order valence-corrected chi connectivity index (χ3v) is 5.51. The summed E-state index contributed by atoms with van der Waals surface area (Å²) in [5, 5.41) is 0. The van der Waals surface area contributed by atoms with Gasteiger partial charge in [-0.2, -0.15) is 0 Å². The summed E-state index contributed by atoms with van der Waals surface area (Å²) in [4.78, 5) is 0.0756. The molecule has 0 amide bonds. The summed E-state index contributed by atoms with van der Waals surface area (Å²) in [6.45, 7) is 1.86. The Kier molecular flexibility index (Phi) is 3.43. The molecule has 2 nitrogen and oxygen atoms in total. The van der Waals surface area contributed by atoms with E-state index in [1.54, 1.807) is 6.07 Å². The third-order valence-electron chi connectivity index (χ3n) is 1.50. The van der Waals surface area contributed by atoms with Crippen molar-refractivity contribution in [3.8, 4) is 0 Å². The number of aryl methyl sites for hydroxylation is 1. The Morgan fingerprint density at radius 3 is 2.23 bits per heavy atom. The highest BCUT2D eigenvalue weighted by Crippen LogP contribution is 2.33. The number of benzene rings is 1. The van der Waals surface area contributed by atoms with E-state index in [-0.39, 0.29) is 4.90 Å². The molecule has 1 aromatic carbocycles. The zero-order valence-electron chi connectivity index (χ0n) is 6.51. The van der Waals surface area contributed by atoms with Gasteiger partial charge in [0.25, 0.3) is 9.05 Å². The molecule has 6 heteroatoms. The monoisotopic (exact) mass is 346 g/mol. The van der Waals surface area contributed by atoms with Gasteiger partial charge in [0.15, 0.2) is 0 Å². The van der Waals surface area contributed by atoms with Crippen molar-refractivity contribution in [2.24, 2.45) is 0 Å². The first-order valence-corrected chi connectivity index (χ1v) is 7.13. The highest BCUT2D eigenvalue weighted by atomic mass is 79.9. The quantitative estimate of drug-likeness (QED) is 0.729. The first-order chi connectivity index (χ1) is 5.84. The minimum absolute atomic E-state index is 0.0756. The van der Waals surface area contributed by atoms with Crippen LogP contribution in [-0.4, -0.2) is 8.42 Å². The molecule has 0 aliphatic heterocycles. The zero-order valence-corrected chi connectivity index (χ0v) is 11.3. The van der Waals surface area contributed by atoms with Crippen molar-refractivity contribution in [2.75, 3.05) is 0 Å². The van der Waals surface area contributed by atoms with Gasteiger partial charge < -0.3 is 0 Å². The Morgan fingerprint density at radius 2 is 1.77 bits per heavy atom. The van der Waals surface area contributed by atoms with Crippen molar-refractivity contribution in [3.63, 3.8) is 0 Å². The molecular formula is C7H5Br2ClO2S. The van der Waals surface area contributed by atoms with Crippen LogP contribution < -0.4 is 0 Å². The molecular weight excluding hydrogens is 343 g/mol. The lowest BCUT2D eigenvalue weighted by atomic mass is 10.2. The lowest BCUT2D eigenvalue weighted by Crippen LogP contribution is -1.93. The largest absolute Gasteiger partial charge is 0.262 e. The van der Waals surface area contributed by atoms with Crippen molar-refractivity contribution < 1.29 is 8.42 Å². The van der Waals surface area contributed by atoms with Crippen LogP contribution >= 0.6 is 42.5 Å². The third kappa shape index (κ3) is 2.46. The molecule has 1 rings (SSSR count). The molecule has 0 fully saturated rings. The molecule has 0 heterocycles. The van der Waals surface area contributed by atoms with E-state index in [0.717, 1.165) is 5.56 Å². The smallest absolute Gasteiger partial charge is 0.207 e. The van der Waals surface area contributed by atoms with Crippen LogP contribution in [0.1, 0.15) is 5.56 Å². The van der Waals surface area contributed by atoms with Crippen molar-refractivity contribution in [1.29, 1.82) is 0 Å². The highest BCUT2D eigenvalue weighted by molar-refractivity contribution is 9.13. The van der Waals surface area contributed by atoms with Crippen molar-refractivity contribution >= 4 is 51.6 Å². The van der Waals surface area contributed by atoms with E-state index in [9.17, 15) is 8.42 Å². The van der Waals surface area contributed by atoms with Gasteiger partial charge in [-0.3, -0.25) is 0 Å². The molecule has 0 bridgehead atoms. The SMILES string of the molecule is Cc1ccc(S(=O)(=O)Cl)c(Br)c1Br. The van der Waals surface area contributed by atoms with Gasteiger partial charge in [0.05, 0.1) is 9.37 Å². The fraction of sp³-hybridized carbons (Fsp3) is 0.143. The average molecular weight is 348 g/mol. The topological polar surface area (TPSA) is 34.1 Å². The maximum Gasteiger partial charge on any atom is 0.262 e. The molecule has 0 unspecified atom stereocenters. The fourth-order valence-electron chi connectivity index (χ4n) is 0.817. The Balaban J connectivity index is 3.53. The number of halogens is 3. The summed E-state index contributed by atoms with van der Waals surface area (Å²) in [7, 11) is 1.53. The summed E-state index contributed by atoms with van der Waals surface area (Å²) in [5.74, 6) is 0. The Hall–Kier alpha value is 0.420. The van der Waals surface area contributed by atoms with Crippen LogP contribution in [0.15, 0.2) is 26.0 Å². The molecule has 0 aliphatic rings. The molecule has 0 aromatic heterocycles. The van der Waals surface area contributed by atoms with Crippen LogP contribution in [-0.2, 0) is 9.05 Å². The van der Waals surface area contributed by atoms with Crippen LogP contribution in [0.2, 0.25) is 0 Å². The predicted molar refractivity (Wildman–Crippen MR) is 59.6 cm³/mol. The van der Waals surface area contributed by atoms with E-state index < -0.39 is 9.05 Å². The highest BCUT2D eigenvalue weighted by Gasteiger charge is 2.16.